The Morgan fingerprint density at radius 3 is 2.60 bits per heavy atom. The summed E-state index contributed by atoms with van der Waals surface area (Å²) in [5.41, 5.74) is 6.61. The molecule has 6 heteroatoms. The highest BCUT2D eigenvalue weighted by Crippen LogP contribution is 2.22. The van der Waals surface area contributed by atoms with Crippen molar-refractivity contribution in [1.82, 2.24) is 0 Å². The van der Waals surface area contributed by atoms with E-state index in [9.17, 15) is 9.59 Å². The average Bonchev–Trinajstić information content (AvgIpc) is 3.14. The number of carbonyl (C=O) groups excluding carboxylic acids is 2. The molecule has 1 atom stereocenters. The number of ether oxygens (including phenoxy) is 2. The van der Waals surface area contributed by atoms with Gasteiger partial charge >= 0.3 is 0 Å². The molecule has 1 unspecified atom stereocenters. The largest absolute Gasteiger partial charge is 0.490 e. The molecule has 0 radical (unpaired) electrons. The zero-order valence-corrected chi connectivity index (χ0v) is 13.7. The van der Waals surface area contributed by atoms with Crippen molar-refractivity contribution in [3.8, 4) is 5.75 Å². The molecule has 3 rings (SSSR count). The van der Waals surface area contributed by atoms with Gasteiger partial charge in [-0.05, 0) is 49.2 Å². The van der Waals surface area contributed by atoms with E-state index < -0.39 is 5.91 Å². The summed E-state index contributed by atoms with van der Waals surface area (Å²) in [4.78, 5) is 23.6. The smallest absolute Gasteiger partial charge is 0.259 e. The molecule has 0 spiro atoms. The predicted octanol–water partition coefficient (Wildman–Crippen LogP) is 2.60. The Morgan fingerprint density at radius 2 is 1.92 bits per heavy atom. The normalized spacial score (nSPS) is 16.4. The Labute approximate surface area is 145 Å². The summed E-state index contributed by atoms with van der Waals surface area (Å²) in [6, 6.07) is 13.5. The van der Waals surface area contributed by atoms with Crippen LogP contribution in [0.2, 0.25) is 0 Å². The van der Waals surface area contributed by atoms with E-state index in [1.54, 1.807) is 42.5 Å². The minimum absolute atomic E-state index is 0.0810. The van der Waals surface area contributed by atoms with Crippen LogP contribution in [0.3, 0.4) is 0 Å². The van der Waals surface area contributed by atoms with Crippen LogP contribution < -0.4 is 15.8 Å². The molecule has 130 valence electrons. The number of anilines is 1. The molecular weight excluding hydrogens is 320 g/mol. The van der Waals surface area contributed by atoms with Crippen molar-refractivity contribution >= 4 is 17.5 Å². The van der Waals surface area contributed by atoms with Crippen molar-refractivity contribution in [3.63, 3.8) is 0 Å². The maximum absolute atomic E-state index is 12.5. The van der Waals surface area contributed by atoms with Gasteiger partial charge in [-0.1, -0.05) is 12.1 Å². The third-order valence-electron chi connectivity index (χ3n) is 4.01. The van der Waals surface area contributed by atoms with Gasteiger partial charge in [0.2, 0.25) is 5.91 Å². The summed E-state index contributed by atoms with van der Waals surface area (Å²) in [7, 11) is 0. The summed E-state index contributed by atoms with van der Waals surface area (Å²) in [6.45, 7) is 1.19. The molecule has 1 heterocycles. The van der Waals surface area contributed by atoms with E-state index in [0.29, 0.717) is 29.2 Å². The van der Waals surface area contributed by atoms with E-state index in [4.69, 9.17) is 15.2 Å². The molecule has 2 aromatic carbocycles. The first-order valence-electron chi connectivity index (χ1n) is 8.18. The van der Waals surface area contributed by atoms with Crippen molar-refractivity contribution in [1.29, 1.82) is 0 Å². The van der Waals surface area contributed by atoms with Gasteiger partial charge in [-0.15, -0.1) is 0 Å². The Kier molecular flexibility index (Phi) is 5.30. The van der Waals surface area contributed by atoms with Crippen LogP contribution in [0.4, 0.5) is 5.69 Å². The van der Waals surface area contributed by atoms with Gasteiger partial charge in [0.1, 0.15) is 12.4 Å². The topological polar surface area (TPSA) is 90.7 Å². The quantitative estimate of drug-likeness (QED) is 0.846. The lowest BCUT2D eigenvalue weighted by molar-refractivity contribution is 0.0673. The van der Waals surface area contributed by atoms with Gasteiger partial charge in [-0.2, -0.15) is 0 Å². The third-order valence-corrected chi connectivity index (χ3v) is 4.01. The van der Waals surface area contributed by atoms with E-state index in [-0.39, 0.29) is 12.0 Å². The van der Waals surface area contributed by atoms with E-state index in [0.717, 1.165) is 19.4 Å². The minimum Gasteiger partial charge on any atom is -0.490 e. The number of nitrogens with one attached hydrogen (secondary N) is 1. The van der Waals surface area contributed by atoms with E-state index in [1.807, 2.05) is 6.07 Å². The number of hydrogen-bond acceptors (Lipinski definition) is 4. The Morgan fingerprint density at radius 1 is 1.16 bits per heavy atom. The van der Waals surface area contributed by atoms with Crippen LogP contribution in [0, 0.1) is 0 Å². The molecule has 1 fully saturated rings. The molecular formula is C19H20N2O4. The highest BCUT2D eigenvalue weighted by molar-refractivity contribution is 6.06. The first kappa shape index (κ1) is 17.0. The van der Waals surface area contributed by atoms with Crippen LogP contribution in [0.15, 0.2) is 48.5 Å². The minimum atomic E-state index is -0.509. The summed E-state index contributed by atoms with van der Waals surface area (Å²) >= 11 is 0. The molecule has 3 N–H and O–H groups in total. The fraction of sp³-hybridized carbons (Fsp3) is 0.263. The maximum Gasteiger partial charge on any atom is 0.259 e. The van der Waals surface area contributed by atoms with Crippen molar-refractivity contribution in [2.45, 2.75) is 18.9 Å². The lowest BCUT2D eigenvalue weighted by Crippen LogP contribution is -2.19. The van der Waals surface area contributed by atoms with Gasteiger partial charge in [0.25, 0.3) is 5.91 Å². The number of primary amides is 1. The highest BCUT2D eigenvalue weighted by atomic mass is 16.5. The molecule has 1 aliphatic rings. The molecule has 6 nitrogen and oxygen atoms in total. The number of carbonyl (C=O) groups is 2. The SMILES string of the molecule is NC(=O)c1ccc(NC(=O)c2ccccc2OCC2CCCO2)cc1. The van der Waals surface area contributed by atoms with Crippen molar-refractivity contribution in [2.24, 2.45) is 5.73 Å². The van der Waals surface area contributed by atoms with Gasteiger partial charge in [-0.3, -0.25) is 9.59 Å². The number of benzene rings is 2. The fourth-order valence-electron chi connectivity index (χ4n) is 2.65. The third kappa shape index (κ3) is 4.36. The molecule has 0 aromatic heterocycles. The van der Waals surface area contributed by atoms with E-state index in [2.05, 4.69) is 5.32 Å². The zero-order valence-electron chi connectivity index (χ0n) is 13.7. The number of nitrogens with two attached hydrogens (primary N) is 1. The van der Waals surface area contributed by atoms with Crippen LogP contribution in [-0.2, 0) is 4.74 Å². The molecule has 0 saturated carbocycles. The second-order valence-electron chi connectivity index (χ2n) is 5.84. The second kappa shape index (κ2) is 7.81. The number of para-hydroxylation sites is 1. The Hall–Kier alpha value is -2.86. The summed E-state index contributed by atoms with van der Waals surface area (Å²) in [5, 5.41) is 2.79. The highest BCUT2D eigenvalue weighted by Gasteiger charge is 2.18. The first-order chi connectivity index (χ1) is 12.1. The van der Waals surface area contributed by atoms with Crippen molar-refractivity contribution in [2.75, 3.05) is 18.5 Å². The monoisotopic (exact) mass is 340 g/mol. The number of rotatable bonds is 6. The summed E-state index contributed by atoms with van der Waals surface area (Å²) < 4.78 is 11.3. The average molecular weight is 340 g/mol. The van der Waals surface area contributed by atoms with Crippen LogP contribution >= 0.6 is 0 Å². The predicted molar refractivity (Wildman–Crippen MR) is 93.8 cm³/mol. The number of amides is 2. The van der Waals surface area contributed by atoms with Crippen LogP contribution in [0.25, 0.3) is 0 Å². The van der Waals surface area contributed by atoms with Gasteiger partial charge in [0.15, 0.2) is 0 Å². The lowest BCUT2D eigenvalue weighted by atomic mass is 10.1. The maximum atomic E-state index is 12.5. The molecule has 0 aliphatic carbocycles. The van der Waals surface area contributed by atoms with Crippen molar-refractivity contribution < 1.29 is 19.1 Å². The van der Waals surface area contributed by atoms with Gasteiger partial charge in [0.05, 0.1) is 11.7 Å². The first-order valence-corrected chi connectivity index (χ1v) is 8.18. The second-order valence-corrected chi connectivity index (χ2v) is 5.84. The van der Waals surface area contributed by atoms with Gasteiger partial charge in [-0.25, -0.2) is 0 Å². The molecule has 2 aromatic rings. The van der Waals surface area contributed by atoms with Gasteiger partial charge < -0.3 is 20.5 Å². The van der Waals surface area contributed by atoms with E-state index >= 15 is 0 Å². The summed E-state index contributed by atoms with van der Waals surface area (Å²) in [5.74, 6) is -0.273. The Bertz CT molecular complexity index is 752. The molecule has 0 bridgehead atoms. The van der Waals surface area contributed by atoms with Gasteiger partial charge in [0, 0.05) is 17.9 Å². The molecule has 1 aliphatic heterocycles. The van der Waals surface area contributed by atoms with Crippen LogP contribution in [0.1, 0.15) is 33.6 Å². The van der Waals surface area contributed by atoms with Crippen LogP contribution in [-0.4, -0.2) is 31.1 Å². The number of hydrogen-bond donors (Lipinski definition) is 2. The lowest BCUT2D eigenvalue weighted by Gasteiger charge is -2.14. The molecule has 25 heavy (non-hydrogen) atoms. The fourth-order valence-corrected chi connectivity index (χ4v) is 2.65. The molecule has 2 amide bonds. The summed E-state index contributed by atoms with van der Waals surface area (Å²) in [6.07, 6.45) is 2.09. The standard InChI is InChI=1S/C19H20N2O4/c20-18(22)13-7-9-14(10-8-13)21-19(23)16-5-1-2-6-17(16)25-12-15-4-3-11-24-15/h1-2,5-10,15H,3-4,11-12H2,(H2,20,22)(H,21,23). The zero-order chi connectivity index (χ0) is 17.6. The van der Waals surface area contributed by atoms with Crippen molar-refractivity contribution in [3.05, 3.63) is 59.7 Å². The van der Waals surface area contributed by atoms with Crippen LogP contribution in [0.5, 0.6) is 5.75 Å². The molecule has 1 saturated heterocycles. The Balaban J connectivity index is 1.67. The van der Waals surface area contributed by atoms with E-state index in [1.165, 1.54) is 0 Å².